The number of rotatable bonds is 5. The van der Waals surface area contributed by atoms with Crippen molar-refractivity contribution in [2.45, 2.75) is 4.90 Å². The van der Waals surface area contributed by atoms with Crippen molar-refractivity contribution in [2.75, 3.05) is 46.3 Å². The molecule has 0 bridgehead atoms. The zero-order chi connectivity index (χ0) is 15.5. The van der Waals surface area contributed by atoms with Gasteiger partial charge in [-0.15, -0.1) is 0 Å². The Balaban J connectivity index is 2.05. The van der Waals surface area contributed by atoms with Crippen LogP contribution < -0.4 is 5.32 Å². The molecule has 118 valence electrons. The third-order valence-corrected chi connectivity index (χ3v) is 5.39. The fourth-order valence-electron chi connectivity index (χ4n) is 2.18. The van der Waals surface area contributed by atoms with Crippen molar-refractivity contribution in [3.05, 3.63) is 29.8 Å². The van der Waals surface area contributed by atoms with Gasteiger partial charge in [-0.25, -0.2) is 17.2 Å². The summed E-state index contributed by atoms with van der Waals surface area (Å²) < 4.78 is 52.4. The molecule has 1 aliphatic rings. The summed E-state index contributed by atoms with van der Waals surface area (Å²) in [6.45, 7) is 4.24. The Hall–Kier alpha value is -1.09. The monoisotopic (exact) mass is 319 g/mol. The Kier molecular flexibility index (Phi) is 5.26. The first kappa shape index (κ1) is 16.3. The summed E-state index contributed by atoms with van der Waals surface area (Å²) in [6.07, 6.45) is 0. The molecule has 0 spiro atoms. The molecular weight excluding hydrogens is 300 g/mol. The number of hydrogen-bond acceptors (Lipinski definition) is 4. The highest BCUT2D eigenvalue weighted by Crippen LogP contribution is 2.19. The van der Waals surface area contributed by atoms with Crippen LogP contribution in [-0.2, 0) is 10.0 Å². The number of likely N-dealkylation sites (N-methyl/N-ethyl adjacent to an activating group) is 1. The van der Waals surface area contributed by atoms with E-state index in [1.54, 1.807) is 0 Å². The highest BCUT2D eigenvalue weighted by Gasteiger charge is 2.25. The van der Waals surface area contributed by atoms with Crippen molar-refractivity contribution in [2.24, 2.45) is 0 Å². The second kappa shape index (κ2) is 6.78. The van der Waals surface area contributed by atoms with Crippen LogP contribution in [-0.4, -0.2) is 63.9 Å². The number of nitrogens with one attached hydrogen (secondary N) is 1. The Bertz CT molecular complexity index is 589. The van der Waals surface area contributed by atoms with E-state index >= 15 is 0 Å². The maximum absolute atomic E-state index is 13.6. The van der Waals surface area contributed by atoms with Gasteiger partial charge in [0.15, 0.2) is 0 Å². The first-order valence-electron chi connectivity index (χ1n) is 6.76. The molecule has 0 unspecified atom stereocenters. The highest BCUT2D eigenvalue weighted by molar-refractivity contribution is 7.89. The molecule has 8 heteroatoms. The Morgan fingerprint density at radius 1 is 1.29 bits per heavy atom. The standard InChI is InChI=1S/C13H19F2N3O2S/c1-17(8-9-18-6-4-16-5-7-18)21(19,20)13-10-11(14)2-3-12(13)15/h2-3,10,16H,4-9H2,1H3. The molecule has 1 aromatic carbocycles. The molecule has 0 atom stereocenters. The Labute approximate surface area is 123 Å². The lowest BCUT2D eigenvalue weighted by atomic mass is 10.3. The quantitative estimate of drug-likeness (QED) is 0.858. The van der Waals surface area contributed by atoms with Crippen LogP contribution in [0.1, 0.15) is 0 Å². The fourth-order valence-corrected chi connectivity index (χ4v) is 3.41. The van der Waals surface area contributed by atoms with Crippen molar-refractivity contribution in [1.82, 2.24) is 14.5 Å². The molecular formula is C13H19F2N3O2S. The van der Waals surface area contributed by atoms with Crippen LogP contribution in [0, 0.1) is 11.6 Å². The van der Waals surface area contributed by atoms with E-state index in [4.69, 9.17) is 0 Å². The third kappa shape index (κ3) is 3.97. The van der Waals surface area contributed by atoms with Crippen LogP contribution in [0.3, 0.4) is 0 Å². The van der Waals surface area contributed by atoms with E-state index in [0.717, 1.165) is 42.6 Å². The fraction of sp³-hybridized carbons (Fsp3) is 0.538. The summed E-state index contributed by atoms with van der Waals surface area (Å²) in [5.41, 5.74) is 0. The second-order valence-corrected chi connectivity index (χ2v) is 7.01. The molecule has 0 saturated carbocycles. The average Bonchev–Trinajstić information content (AvgIpc) is 2.48. The Morgan fingerprint density at radius 2 is 1.95 bits per heavy atom. The van der Waals surface area contributed by atoms with Gasteiger partial charge in [0.1, 0.15) is 16.5 Å². The summed E-state index contributed by atoms with van der Waals surface area (Å²) in [5, 5.41) is 3.21. The maximum Gasteiger partial charge on any atom is 0.245 e. The number of sulfonamides is 1. The number of benzene rings is 1. The predicted molar refractivity (Wildman–Crippen MR) is 75.5 cm³/mol. The number of piperazine rings is 1. The smallest absolute Gasteiger partial charge is 0.245 e. The van der Waals surface area contributed by atoms with Crippen molar-refractivity contribution in [3.8, 4) is 0 Å². The summed E-state index contributed by atoms with van der Waals surface area (Å²) in [4.78, 5) is 1.51. The predicted octanol–water partition coefficient (Wildman–Crippen LogP) is 0.490. The van der Waals surface area contributed by atoms with Crippen LogP contribution in [0.25, 0.3) is 0 Å². The van der Waals surface area contributed by atoms with Crippen LogP contribution in [0.15, 0.2) is 23.1 Å². The molecule has 21 heavy (non-hydrogen) atoms. The van der Waals surface area contributed by atoms with E-state index < -0.39 is 26.6 Å². The van der Waals surface area contributed by atoms with E-state index in [2.05, 4.69) is 10.2 Å². The van der Waals surface area contributed by atoms with Crippen molar-refractivity contribution in [3.63, 3.8) is 0 Å². The molecule has 1 N–H and O–H groups in total. The number of hydrogen-bond donors (Lipinski definition) is 1. The SMILES string of the molecule is CN(CCN1CCNCC1)S(=O)(=O)c1cc(F)ccc1F. The van der Waals surface area contributed by atoms with Gasteiger partial charge in [0, 0.05) is 46.3 Å². The minimum absolute atomic E-state index is 0.234. The van der Waals surface area contributed by atoms with Gasteiger partial charge in [-0.1, -0.05) is 0 Å². The molecule has 0 aliphatic carbocycles. The minimum Gasteiger partial charge on any atom is -0.314 e. The number of nitrogens with zero attached hydrogens (tertiary/aromatic N) is 2. The van der Waals surface area contributed by atoms with Crippen molar-refractivity contribution < 1.29 is 17.2 Å². The Morgan fingerprint density at radius 3 is 2.62 bits per heavy atom. The zero-order valence-electron chi connectivity index (χ0n) is 11.8. The summed E-state index contributed by atoms with van der Waals surface area (Å²) in [6, 6.07) is 2.44. The summed E-state index contributed by atoms with van der Waals surface area (Å²) in [7, 11) is -2.64. The van der Waals surface area contributed by atoms with Crippen LogP contribution >= 0.6 is 0 Å². The third-order valence-electron chi connectivity index (χ3n) is 3.52. The van der Waals surface area contributed by atoms with E-state index in [1.807, 2.05) is 0 Å². The molecule has 1 fully saturated rings. The zero-order valence-corrected chi connectivity index (χ0v) is 12.7. The minimum atomic E-state index is -4.02. The van der Waals surface area contributed by atoms with Gasteiger partial charge in [-0.3, -0.25) is 4.90 Å². The average molecular weight is 319 g/mol. The molecule has 1 aromatic rings. The molecule has 1 aliphatic heterocycles. The lowest BCUT2D eigenvalue weighted by Gasteiger charge is -2.28. The molecule has 0 radical (unpaired) electrons. The van der Waals surface area contributed by atoms with Gasteiger partial charge in [0.2, 0.25) is 10.0 Å². The molecule has 0 aromatic heterocycles. The topological polar surface area (TPSA) is 52.6 Å². The van der Waals surface area contributed by atoms with Gasteiger partial charge >= 0.3 is 0 Å². The van der Waals surface area contributed by atoms with E-state index in [0.29, 0.717) is 12.6 Å². The normalized spacial score (nSPS) is 17.3. The van der Waals surface area contributed by atoms with Crippen molar-refractivity contribution in [1.29, 1.82) is 0 Å². The second-order valence-electron chi connectivity index (χ2n) is 4.99. The molecule has 1 heterocycles. The van der Waals surface area contributed by atoms with Gasteiger partial charge < -0.3 is 5.32 Å². The van der Waals surface area contributed by atoms with Crippen LogP contribution in [0.5, 0.6) is 0 Å². The largest absolute Gasteiger partial charge is 0.314 e. The van der Waals surface area contributed by atoms with Crippen molar-refractivity contribution >= 4 is 10.0 Å². The van der Waals surface area contributed by atoms with E-state index in [1.165, 1.54) is 7.05 Å². The lowest BCUT2D eigenvalue weighted by Crippen LogP contribution is -2.46. The van der Waals surface area contributed by atoms with Gasteiger partial charge in [-0.2, -0.15) is 4.31 Å². The van der Waals surface area contributed by atoms with Crippen LogP contribution in [0.2, 0.25) is 0 Å². The molecule has 5 nitrogen and oxygen atoms in total. The molecule has 2 rings (SSSR count). The molecule has 1 saturated heterocycles. The first-order valence-corrected chi connectivity index (χ1v) is 8.20. The first-order chi connectivity index (χ1) is 9.91. The van der Waals surface area contributed by atoms with Gasteiger partial charge in [0.05, 0.1) is 0 Å². The maximum atomic E-state index is 13.6. The van der Waals surface area contributed by atoms with Gasteiger partial charge in [0.25, 0.3) is 0 Å². The summed E-state index contributed by atoms with van der Waals surface area (Å²) in [5.74, 6) is -1.71. The van der Waals surface area contributed by atoms with E-state index in [-0.39, 0.29) is 6.54 Å². The van der Waals surface area contributed by atoms with Gasteiger partial charge in [-0.05, 0) is 18.2 Å². The van der Waals surface area contributed by atoms with E-state index in [9.17, 15) is 17.2 Å². The number of halogens is 2. The molecule has 0 amide bonds. The summed E-state index contributed by atoms with van der Waals surface area (Å²) >= 11 is 0. The lowest BCUT2D eigenvalue weighted by molar-refractivity contribution is 0.229. The highest BCUT2D eigenvalue weighted by atomic mass is 32.2. The van der Waals surface area contributed by atoms with Crippen LogP contribution in [0.4, 0.5) is 8.78 Å².